The van der Waals surface area contributed by atoms with Gasteiger partial charge in [-0.05, 0) is 25.0 Å². The minimum atomic E-state index is 0.0982. The van der Waals surface area contributed by atoms with Gasteiger partial charge in [-0.1, -0.05) is 17.3 Å². The van der Waals surface area contributed by atoms with E-state index < -0.39 is 0 Å². The molecule has 17 heavy (non-hydrogen) atoms. The van der Waals surface area contributed by atoms with Gasteiger partial charge in [0, 0.05) is 23.8 Å². The van der Waals surface area contributed by atoms with Gasteiger partial charge in [0.2, 0.25) is 0 Å². The van der Waals surface area contributed by atoms with E-state index in [9.17, 15) is 0 Å². The van der Waals surface area contributed by atoms with Gasteiger partial charge in [-0.15, -0.1) is 0 Å². The molecule has 0 saturated heterocycles. The van der Waals surface area contributed by atoms with E-state index in [-0.39, 0.29) is 12.4 Å². The second kappa shape index (κ2) is 5.05. The van der Waals surface area contributed by atoms with Crippen molar-refractivity contribution < 1.29 is 10.3 Å². The number of amidine groups is 1. The number of para-hydroxylation sites is 1. The Labute approximate surface area is 100 Å². The van der Waals surface area contributed by atoms with Crippen LogP contribution in [-0.4, -0.2) is 35.3 Å². The molecule has 0 amide bonds. The molecule has 0 spiro atoms. The monoisotopic (exact) mass is 235 g/mol. The van der Waals surface area contributed by atoms with Crippen molar-refractivity contribution in [2.45, 2.75) is 18.9 Å². The highest BCUT2D eigenvalue weighted by Gasteiger charge is 2.30. The lowest BCUT2D eigenvalue weighted by atomic mass is 10.1. The Morgan fingerprint density at radius 1 is 1.41 bits per heavy atom. The third kappa shape index (κ3) is 2.50. The molecule has 0 bridgehead atoms. The van der Waals surface area contributed by atoms with Gasteiger partial charge < -0.3 is 20.9 Å². The Balaban J connectivity index is 2.34. The standard InChI is InChI=1S/C12H17N3O2/c13-12(14-17)10-3-1-2-4-11(10)15(7-8-16)9-5-6-9/h1-4,9,16-17H,5-8H2,(H2,13,14). The quantitative estimate of drug-likeness (QED) is 0.304. The van der Waals surface area contributed by atoms with Crippen molar-refractivity contribution in [2.75, 3.05) is 18.1 Å². The summed E-state index contributed by atoms with van der Waals surface area (Å²) in [6.07, 6.45) is 2.26. The number of rotatable bonds is 5. The van der Waals surface area contributed by atoms with Crippen molar-refractivity contribution in [1.82, 2.24) is 0 Å². The molecule has 5 nitrogen and oxygen atoms in total. The molecule has 1 aliphatic rings. The van der Waals surface area contributed by atoms with Crippen molar-refractivity contribution in [2.24, 2.45) is 10.9 Å². The predicted octanol–water partition coefficient (Wildman–Crippen LogP) is 0.742. The molecule has 1 aromatic carbocycles. The van der Waals surface area contributed by atoms with E-state index in [1.165, 1.54) is 0 Å². The summed E-state index contributed by atoms with van der Waals surface area (Å²) in [6.45, 7) is 0.668. The van der Waals surface area contributed by atoms with Gasteiger partial charge in [-0.3, -0.25) is 0 Å². The Hall–Kier alpha value is -1.75. The third-order valence-corrected chi connectivity index (χ3v) is 2.93. The van der Waals surface area contributed by atoms with Gasteiger partial charge in [-0.25, -0.2) is 0 Å². The lowest BCUT2D eigenvalue weighted by Gasteiger charge is -2.25. The van der Waals surface area contributed by atoms with Crippen LogP contribution in [0.25, 0.3) is 0 Å². The predicted molar refractivity (Wildman–Crippen MR) is 66.4 cm³/mol. The Morgan fingerprint density at radius 3 is 2.71 bits per heavy atom. The number of anilines is 1. The highest BCUT2D eigenvalue weighted by Crippen LogP contribution is 2.33. The van der Waals surface area contributed by atoms with Crippen LogP contribution in [0.2, 0.25) is 0 Å². The summed E-state index contributed by atoms with van der Waals surface area (Å²) in [7, 11) is 0. The largest absolute Gasteiger partial charge is 0.409 e. The van der Waals surface area contributed by atoms with Gasteiger partial charge in [0.1, 0.15) is 0 Å². The highest BCUT2D eigenvalue weighted by molar-refractivity contribution is 6.02. The minimum absolute atomic E-state index is 0.0982. The average molecular weight is 235 g/mol. The maximum Gasteiger partial charge on any atom is 0.172 e. The van der Waals surface area contributed by atoms with Crippen molar-refractivity contribution in [3.05, 3.63) is 29.8 Å². The fourth-order valence-corrected chi connectivity index (χ4v) is 1.99. The van der Waals surface area contributed by atoms with E-state index >= 15 is 0 Å². The van der Waals surface area contributed by atoms with Crippen molar-refractivity contribution >= 4 is 11.5 Å². The van der Waals surface area contributed by atoms with Gasteiger partial charge in [0.05, 0.1) is 6.61 Å². The summed E-state index contributed by atoms with van der Waals surface area (Å²) in [4.78, 5) is 2.12. The second-order valence-corrected chi connectivity index (χ2v) is 4.15. The first-order valence-electron chi connectivity index (χ1n) is 5.72. The Kier molecular flexibility index (Phi) is 3.49. The first-order valence-corrected chi connectivity index (χ1v) is 5.72. The molecule has 5 heteroatoms. The lowest BCUT2D eigenvalue weighted by Crippen LogP contribution is -2.31. The Bertz CT molecular complexity index is 416. The summed E-state index contributed by atoms with van der Waals surface area (Å²) in [5.41, 5.74) is 7.28. The molecule has 1 fully saturated rings. The summed E-state index contributed by atoms with van der Waals surface area (Å²) < 4.78 is 0. The van der Waals surface area contributed by atoms with Crippen molar-refractivity contribution in [3.8, 4) is 0 Å². The van der Waals surface area contributed by atoms with Crippen molar-refractivity contribution in [1.29, 1.82) is 0 Å². The first kappa shape index (κ1) is 11.7. The van der Waals surface area contributed by atoms with Crippen LogP contribution in [0, 0.1) is 0 Å². The van der Waals surface area contributed by atoms with Gasteiger partial charge in [0.15, 0.2) is 5.84 Å². The van der Waals surface area contributed by atoms with Crippen LogP contribution in [-0.2, 0) is 0 Å². The topological polar surface area (TPSA) is 82.1 Å². The SMILES string of the molecule is N/C(=N/O)c1ccccc1N(CCO)C1CC1. The molecule has 0 atom stereocenters. The van der Waals surface area contributed by atoms with Crippen LogP contribution in [0.3, 0.4) is 0 Å². The average Bonchev–Trinajstić information content (AvgIpc) is 3.19. The molecular formula is C12H17N3O2. The maximum atomic E-state index is 9.11. The highest BCUT2D eigenvalue weighted by atomic mass is 16.4. The molecular weight excluding hydrogens is 218 g/mol. The molecule has 0 radical (unpaired) electrons. The number of hydrogen-bond acceptors (Lipinski definition) is 4. The number of nitrogens with zero attached hydrogens (tertiary/aromatic N) is 2. The fourth-order valence-electron chi connectivity index (χ4n) is 1.99. The van der Waals surface area contributed by atoms with Crippen LogP contribution in [0.1, 0.15) is 18.4 Å². The van der Waals surface area contributed by atoms with Crippen LogP contribution >= 0.6 is 0 Å². The number of benzene rings is 1. The van der Waals surface area contributed by atoms with Crippen LogP contribution in [0.4, 0.5) is 5.69 Å². The molecule has 2 rings (SSSR count). The molecule has 0 unspecified atom stereocenters. The van der Waals surface area contributed by atoms with Gasteiger partial charge in [-0.2, -0.15) is 0 Å². The van der Waals surface area contributed by atoms with E-state index in [0.717, 1.165) is 18.5 Å². The van der Waals surface area contributed by atoms with Crippen LogP contribution < -0.4 is 10.6 Å². The van der Waals surface area contributed by atoms with Crippen LogP contribution in [0.5, 0.6) is 0 Å². The summed E-state index contributed by atoms with van der Waals surface area (Å²) >= 11 is 0. The van der Waals surface area contributed by atoms with E-state index in [2.05, 4.69) is 10.1 Å². The van der Waals surface area contributed by atoms with E-state index in [0.29, 0.717) is 18.2 Å². The van der Waals surface area contributed by atoms with Gasteiger partial charge >= 0.3 is 0 Å². The first-order chi connectivity index (χ1) is 8.27. The zero-order chi connectivity index (χ0) is 12.3. The summed E-state index contributed by atoms with van der Waals surface area (Å²) in [5.74, 6) is 0.101. The minimum Gasteiger partial charge on any atom is -0.409 e. The zero-order valence-electron chi connectivity index (χ0n) is 9.58. The third-order valence-electron chi connectivity index (χ3n) is 2.93. The number of hydrogen-bond donors (Lipinski definition) is 3. The van der Waals surface area contributed by atoms with E-state index in [4.69, 9.17) is 16.0 Å². The summed E-state index contributed by atoms with van der Waals surface area (Å²) in [5, 5.41) is 20.9. The normalized spacial score (nSPS) is 15.9. The smallest absolute Gasteiger partial charge is 0.172 e. The van der Waals surface area contributed by atoms with E-state index in [1.54, 1.807) is 0 Å². The maximum absolute atomic E-state index is 9.11. The number of aliphatic hydroxyl groups excluding tert-OH is 1. The number of nitrogens with two attached hydrogens (primary N) is 1. The lowest BCUT2D eigenvalue weighted by molar-refractivity contribution is 0.301. The molecule has 1 saturated carbocycles. The van der Waals surface area contributed by atoms with Gasteiger partial charge in [0.25, 0.3) is 0 Å². The molecule has 0 aliphatic heterocycles. The number of oxime groups is 1. The molecule has 1 aliphatic carbocycles. The number of aliphatic hydroxyl groups is 1. The zero-order valence-corrected chi connectivity index (χ0v) is 9.58. The molecule has 0 aromatic heterocycles. The molecule has 1 aromatic rings. The van der Waals surface area contributed by atoms with Crippen LogP contribution in [0.15, 0.2) is 29.4 Å². The fraction of sp³-hybridized carbons (Fsp3) is 0.417. The molecule has 92 valence electrons. The second-order valence-electron chi connectivity index (χ2n) is 4.15. The van der Waals surface area contributed by atoms with Crippen molar-refractivity contribution in [3.63, 3.8) is 0 Å². The summed E-state index contributed by atoms with van der Waals surface area (Å²) in [6, 6.07) is 7.98. The Morgan fingerprint density at radius 2 is 2.12 bits per heavy atom. The molecule has 4 N–H and O–H groups in total. The van der Waals surface area contributed by atoms with E-state index in [1.807, 2.05) is 24.3 Å². The molecule has 0 heterocycles.